The predicted molar refractivity (Wildman–Crippen MR) is 45.4 cm³/mol. The maximum absolute atomic E-state index is 4.21. The van der Waals surface area contributed by atoms with Crippen LogP contribution in [0, 0.1) is 12.8 Å². The molecule has 2 heteroatoms. The van der Waals surface area contributed by atoms with Crippen LogP contribution in [-0.4, -0.2) is 4.37 Å². The number of hydrogen-bond acceptors (Lipinski definition) is 2. The molecule has 0 aliphatic carbocycles. The number of rotatable bonds is 2. The van der Waals surface area contributed by atoms with Gasteiger partial charge in [-0.15, -0.1) is 0 Å². The summed E-state index contributed by atoms with van der Waals surface area (Å²) in [6, 6.07) is 0. The van der Waals surface area contributed by atoms with E-state index in [-0.39, 0.29) is 0 Å². The Morgan fingerprint density at radius 1 is 1.60 bits per heavy atom. The fraction of sp³-hybridized carbons (Fsp3) is 0.625. The number of hydrogen-bond donors (Lipinski definition) is 0. The predicted octanol–water partition coefficient (Wildman–Crippen LogP) is 2.65. The standard InChI is InChI=1S/C8H13NS/c1-6(2)4-8-5-10-9-7(8)3/h5-6H,4H2,1-3H3. The molecule has 10 heavy (non-hydrogen) atoms. The van der Waals surface area contributed by atoms with E-state index in [1.807, 2.05) is 0 Å². The van der Waals surface area contributed by atoms with Crippen molar-refractivity contribution in [1.82, 2.24) is 4.37 Å². The first kappa shape index (κ1) is 7.73. The summed E-state index contributed by atoms with van der Waals surface area (Å²) < 4.78 is 4.21. The van der Waals surface area contributed by atoms with Gasteiger partial charge in [0.1, 0.15) is 0 Å². The molecule has 1 aromatic rings. The van der Waals surface area contributed by atoms with Gasteiger partial charge in [-0.05, 0) is 36.4 Å². The molecule has 0 aromatic carbocycles. The molecule has 1 heterocycles. The highest BCUT2D eigenvalue weighted by molar-refractivity contribution is 7.03. The van der Waals surface area contributed by atoms with E-state index in [0.29, 0.717) is 0 Å². The molecule has 0 amide bonds. The van der Waals surface area contributed by atoms with Crippen LogP contribution in [0.2, 0.25) is 0 Å². The van der Waals surface area contributed by atoms with E-state index in [4.69, 9.17) is 0 Å². The lowest BCUT2D eigenvalue weighted by Gasteiger charge is -2.00. The van der Waals surface area contributed by atoms with Crippen molar-refractivity contribution < 1.29 is 0 Å². The Balaban J connectivity index is 2.65. The number of aryl methyl sites for hydroxylation is 1. The summed E-state index contributed by atoms with van der Waals surface area (Å²) >= 11 is 1.56. The smallest absolute Gasteiger partial charge is 0.0543 e. The second kappa shape index (κ2) is 3.15. The van der Waals surface area contributed by atoms with Crippen molar-refractivity contribution in [2.24, 2.45) is 5.92 Å². The summed E-state index contributed by atoms with van der Waals surface area (Å²) in [6.07, 6.45) is 1.17. The lowest BCUT2D eigenvalue weighted by Crippen LogP contribution is -1.93. The highest BCUT2D eigenvalue weighted by atomic mass is 32.1. The molecule has 0 radical (unpaired) electrons. The molecule has 0 spiro atoms. The highest BCUT2D eigenvalue weighted by Gasteiger charge is 2.02. The van der Waals surface area contributed by atoms with E-state index >= 15 is 0 Å². The summed E-state index contributed by atoms with van der Waals surface area (Å²) in [7, 11) is 0. The van der Waals surface area contributed by atoms with Gasteiger partial charge in [-0.3, -0.25) is 0 Å². The van der Waals surface area contributed by atoms with E-state index in [2.05, 4.69) is 30.5 Å². The van der Waals surface area contributed by atoms with Gasteiger partial charge in [-0.25, -0.2) is 0 Å². The van der Waals surface area contributed by atoms with E-state index in [9.17, 15) is 0 Å². The maximum Gasteiger partial charge on any atom is 0.0543 e. The van der Waals surface area contributed by atoms with Crippen LogP contribution in [0.4, 0.5) is 0 Å². The van der Waals surface area contributed by atoms with Crippen molar-refractivity contribution in [2.75, 3.05) is 0 Å². The Hall–Kier alpha value is -0.370. The van der Waals surface area contributed by atoms with Crippen LogP contribution in [0.25, 0.3) is 0 Å². The van der Waals surface area contributed by atoms with Gasteiger partial charge in [-0.2, -0.15) is 4.37 Å². The second-order valence-corrected chi connectivity index (χ2v) is 3.65. The number of nitrogens with zero attached hydrogens (tertiary/aromatic N) is 1. The molecule has 1 nitrogen and oxygen atoms in total. The van der Waals surface area contributed by atoms with Crippen molar-refractivity contribution in [1.29, 1.82) is 0 Å². The first-order chi connectivity index (χ1) is 4.70. The van der Waals surface area contributed by atoms with Crippen molar-refractivity contribution in [3.63, 3.8) is 0 Å². The van der Waals surface area contributed by atoms with Gasteiger partial charge in [-0.1, -0.05) is 13.8 Å². The fourth-order valence-corrected chi connectivity index (χ4v) is 1.67. The first-order valence-corrected chi connectivity index (χ1v) is 4.43. The minimum Gasteiger partial charge on any atom is -0.198 e. The normalized spacial score (nSPS) is 10.8. The van der Waals surface area contributed by atoms with Crippen LogP contribution in [0.3, 0.4) is 0 Å². The number of aromatic nitrogens is 1. The van der Waals surface area contributed by atoms with Crippen molar-refractivity contribution in [3.05, 3.63) is 16.6 Å². The topological polar surface area (TPSA) is 12.9 Å². The SMILES string of the molecule is Cc1nscc1CC(C)C. The minimum absolute atomic E-state index is 0.745. The summed E-state index contributed by atoms with van der Waals surface area (Å²) in [5.74, 6) is 0.745. The molecule has 0 bridgehead atoms. The molecular formula is C8H13NS. The second-order valence-electron chi connectivity index (χ2n) is 3.02. The van der Waals surface area contributed by atoms with Gasteiger partial charge in [0.2, 0.25) is 0 Å². The Kier molecular flexibility index (Phi) is 2.44. The van der Waals surface area contributed by atoms with Crippen molar-refractivity contribution in [2.45, 2.75) is 27.2 Å². The van der Waals surface area contributed by atoms with E-state index in [1.165, 1.54) is 17.7 Å². The first-order valence-electron chi connectivity index (χ1n) is 3.60. The molecule has 0 saturated heterocycles. The van der Waals surface area contributed by atoms with Crippen LogP contribution in [0.15, 0.2) is 5.38 Å². The lowest BCUT2D eigenvalue weighted by molar-refractivity contribution is 0.645. The molecule has 0 N–H and O–H groups in total. The quantitative estimate of drug-likeness (QED) is 0.640. The molecule has 0 aliphatic rings. The van der Waals surface area contributed by atoms with E-state index < -0.39 is 0 Å². The molecule has 0 aliphatic heterocycles. The average molecular weight is 155 g/mol. The third-order valence-corrected chi connectivity index (χ3v) is 2.25. The molecule has 56 valence electrons. The van der Waals surface area contributed by atoms with Gasteiger partial charge in [0.15, 0.2) is 0 Å². The largest absolute Gasteiger partial charge is 0.198 e. The monoisotopic (exact) mass is 155 g/mol. The molecule has 0 fully saturated rings. The van der Waals surface area contributed by atoms with Gasteiger partial charge in [0.05, 0.1) is 5.69 Å². The Morgan fingerprint density at radius 3 is 2.70 bits per heavy atom. The summed E-state index contributed by atoms with van der Waals surface area (Å²) in [5.41, 5.74) is 2.62. The van der Waals surface area contributed by atoms with Gasteiger partial charge < -0.3 is 0 Å². The lowest BCUT2D eigenvalue weighted by atomic mass is 10.0. The van der Waals surface area contributed by atoms with Crippen molar-refractivity contribution >= 4 is 11.5 Å². The van der Waals surface area contributed by atoms with Gasteiger partial charge in [0, 0.05) is 5.38 Å². The van der Waals surface area contributed by atoms with Crippen LogP contribution in [-0.2, 0) is 6.42 Å². The van der Waals surface area contributed by atoms with Crippen LogP contribution in [0.1, 0.15) is 25.1 Å². The molecule has 0 saturated carbocycles. The zero-order chi connectivity index (χ0) is 7.56. The zero-order valence-electron chi connectivity index (χ0n) is 6.72. The Bertz CT molecular complexity index is 203. The third kappa shape index (κ3) is 1.81. The Labute approximate surface area is 66.3 Å². The van der Waals surface area contributed by atoms with Gasteiger partial charge in [0.25, 0.3) is 0 Å². The van der Waals surface area contributed by atoms with Crippen molar-refractivity contribution in [3.8, 4) is 0 Å². The zero-order valence-corrected chi connectivity index (χ0v) is 7.53. The van der Waals surface area contributed by atoms with E-state index in [0.717, 1.165) is 5.92 Å². The van der Waals surface area contributed by atoms with Crippen LogP contribution >= 0.6 is 11.5 Å². The third-order valence-electron chi connectivity index (χ3n) is 1.48. The molecular weight excluding hydrogens is 142 g/mol. The maximum atomic E-state index is 4.21. The van der Waals surface area contributed by atoms with E-state index in [1.54, 1.807) is 11.5 Å². The van der Waals surface area contributed by atoms with Gasteiger partial charge >= 0.3 is 0 Å². The average Bonchev–Trinajstić information content (AvgIpc) is 2.15. The molecule has 1 rings (SSSR count). The summed E-state index contributed by atoms with van der Waals surface area (Å²) in [6.45, 7) is 6.54. The molecule has 0 atom stereocenters. The summed E-state index contributed by atoms with van der Waals surface area (Å²) in [5, 5.41) is 2.15. The molecule has 0 unspecified atom stereocenters. The molecule has 1 aromatic heterocycles. The minimum atomic E-state index is 0.745. The summed E-state index contributed by atoms with van der Waals surface area (Å²) in [4.78, 5) is 0. The van der Waals surface area contributed by atoms with Crippen LogP contribution < -0.4 is 0 Å². The Morgan fingerprint density at radius 2 is 2.30 bits per heavy atom. The van der Waals surface area contributed by atoms with Crippen LogP contribution in [0.5, 0.6) is 0 Å². The fourth-order valence-electron chi connectivity index (χ4n) is 0.949. The highest BCUT2D eigenvalue weighted by Crippen LogP contribution is 2.13.